The molecular weight excluding hydrogens is 252 g/mol. The highest BCUT2D eigenvalue weighted by Crippen LogP contribution is 2.04. The van der Waals surface area contributed by atoms with E-state index in [2.05, 4.69) is 10.3 Å². The lowest BCUT2D eigenvalue weighted by molar-refractivity contribution is 0.0953. The average molecular weight is 268 g/mol. The minimum atomic E-state index is -0.135. The van der Waals surface area contributed by atoms with E-state index in [4.69, 9.17) is 5.26 Å². The fourth-order valence-corrected chi connectivity index (χ4v) is 1.87. The molecule has 5 heteroatoms. The van der Waals surface area contributed by atoms with Crippen LogP contribution in [0.3, 0.4) is 0 Å². The Hall–Kier alpha value is -2.61. The number of nitrogens with one attached hydrogen (secondary N) is 1. The monoisotopic (exact) mass is 268 g/mol. The zero-order valence-corrected chi connectivity index (χ0v) is 11.1. The molecule has 0 saturated heterocycles. The molecule has 0 spiro atoms. The third kappa shape index (κ3) is 3.95. The Kier molecular flexibility index (Phi) is 4.90. The van der Waals surface area contributed by atoms with E-state index >= 15 is 0 Å². The molecule has 102 valence electrons. The topological polar surface area (TPSA) is 70.7 Å². The van der Waals surface area contributed by atoms with Gasteiger partial charge in [0, 0.05) is 31.0 Å². The largest absolute Gasteiger partial charge is 0.352 e. The molecule has 0 aliphatic rings. The maximum atomic E-state index is 11.9. The molecule has 1 aromatic carbocycles. The standard InChI is InChI=1S/C15H16N4O/c16-11-13-4-3-5-14(10-13)15(20)18-6-1-2-8-19-9-7-17-12-19/h3-5,7,9-10,12H,1-2,6,8H2,(H,18,20). The predicted octanol–water partition coefficient (Wildman–Crippen LogP) is 1.96. The van der Waals surface area contributed by atoms with Crippen LogP contribution in [0.5, 0.6) is 0 Å². The normalized spacial score (nSPS) is 9.95. The molecule has 0 aliphatic heterocycles. The summed E-state index contributed by atoms with van der Waals surface area (Å²) >= 11 is 0. The van der Waals surface area contributed by atoms with Crippen LogP contribution in [0.25, 0.3) is 0 Å². The number of unbranched alkanes of at least 4 members (excludes halogenated alkanes) is 1. The Bertz CT molecular complexity index is 599. The molecule has 0 atom stereocenters. The second-order valence-corrected chi connectivity index (χ2v) is 4.46. The van der Waals surface area contributed by atoms with Crippen LogP contribution in [0.4, 0.5) is 0 Å². The zero-order valence-electron chi connectivity index (χ0n) is 11.1. The van der Waals surface area contributed by atoms with Crippen LogP contribution in [0.2, 0.25) is 0 Å². The number of imidazole rings is 1. The molecule has 0 saturated carbocycles. The van der Waals surface area contributed by atoms with E-state index in [-0.39, 0.29) is 5.91 Å². The summed E-state index contributed by atoms with van der Waals surface area (Å²) in [7, 11) is 0. The van der Waals surface area contributed by atoms with E-state index in [1.54, 1.807) is 36.8 Å². The van der Waals surface area contributed by atoms with Gasteiger partial charge in [-0.2, -0.15) is 5.26 Å². The Labute approximate surface area is 117 Å². The minimum Gasteiger partial charge on any atom is -0.352 e. The highest BCUT2D eigenvalue weighted by molar-refractivity contribution is 5.94. The number of nitrogens with zero attached hydrogens (tertiary/aromatic N) is 3. The van der Waals surface area contributed by atoms with E-state index in [1.807, 2.05) is 16.8 Å². The summed E-state index contributed by atoms with van der Waals surface area (Å²) < 4.78 is 2.01. The van der Waals surface area contributed by atoms with E-state index in [1.165, 1.54) is 0 Å². The van der Waals surface area contributed by atoms with Crippen molar-refractivity contribution in [3.63, 3.8) is 0 Å². The highest BCUT2D eigenvalue weighted by atomic mass is 16.1. The van der Waals surface area contributed by atoms with E-state index in [0.717, 1.165) is 19.4 Å². The molecule has 0 fully saturated rings. The Morgan fingerprint density at radius 2 is 2.30 bits per heavy atom. The molecule has 1 heterocycles. The molecule has 1 N–H and O–H groups in total. The average Bonchev–Trinajstić information content (AvgIpc) is 3.00. The lowest BCUT2D eigenvalue weighted by Gasteiger charge is -2.06. The Balaban J connectivity index is 1.71. The molecule has 1 amide bonds. The maximum Gasteiger partial charge on any atom is 0.251 e. The van der Waals surface area contributed by atoms with Gasteiger partial charge in [0.15, 0.2) is 0 Å². The number of benzene rings is 1. The smallest absolute Gasteiger partial charge is 0.251 e. The molecule has 2 aromatic rings. The van der Waals surface area contributed by atoms with Gasteiger partial charge < -0.3 is 9.88 Å². The van der Waals surface area contributed by atoms with Crippen molar-refractivity contribution in [1.29, 1.82) is 5.26 Å². The summed E-state index contributed by atoms with van der Waals surface area (Å²) in [5, 5.41) is 11.6. The Morgan fingerprint density at radius 1 is 1.40 bits per heavy atom. The first-order valence-corrected chi connectivity index (χ1v) is 6.54. The van der Waals surface area contributed by atoms with Crippen molar-refractivity contribution in [2.45, 2.75) is 19.4 Å². The lowest BCUT2D eigenvalue weighted by atomic mass is 10.1. The van der Waals surface area contributed by atoms with E-state index in [0.29, 0.717) is 17.7 Å². The van der Waals surface area contributed by atoms with Gasteiger partial charge in [-0.25, -0.2) is 4.98 Å². The number of hydrogen-bond donors (Lipinski definition) is 1. The summed E-state index contributed by atoms with van der Waals surface area (Å²) in [5.74, 6) is -0.135. The van der Waals surface area contributed by atoms with E-state index < -0.39 is 0 Å². The van der Waals surface area contributed by atoms with Crippen LogP contribution in [-0.2, 0) is 6.54 Å². The van der Waals surface area contributed by atoms with Crippen molar-refractivity contribution >= 4 is 5.91 Å². The predicted molar refractivity (Wildman–Crippen MR) is 75.0 cm³/mol. The number of rotatable bonds is 6. The van der Waals surface area contributed by atoms with Crippen molar-refractivity contribution in [3.8, 4) is 6.07 Å². The molecule has 20 heavy (non-hydrogen) atoms. The summed E-state index contributed by atoms with van der Waals surface area (Å²) in [6, 6.07) is 8.73. The van der Waals surface area contributed by atoms with Gasteiger partial charge in [-0.1, -0.05) is 6.07 Å². The van der Waals surface area contributed by atoms with Crippen molar-refractivity contribution < 1.29 is 4.79 Å². The number of amides is 1. The van der Waals surface area contributed by atoms with Crippen LogP contribution in [0, 0.1) is 11.3 Å². The molecule has 0 aliphatic carbocycles. The Morgan fingerprint density at radius 3 is 3.05 bits per heavy atom. The summed E-state index contributed by atoms with van der Waals surface area (Å²) in [5.41, 5.74) is 1.02. The summed E-state index contributed by atoms with van der Waals surface area (Å²) in [6.07, 6.45) is 7.35. The van der Waals surface area contributed by atoms with Gasteiger partial charge >= 0.3 is 0 Å². The number of aryl methyl sites for hydroxylation is 1. The molecule has 0 radical (unpaired) electrons. The van der Waals surface area contributed by atoms with Gasteiger partial charge in [-0.3, -0.25) is 4.79 Å². The number of nitriles is 1. The quantitative estimate of drug-likeness (QED) is 0.814. The number of carbonyl (C=O) groups excluding carboxylic acids is 1. The molecule has 5 nitrogen and oxygen atoms in total. The third-order valence-corrected chi connectivity index (χ3v) is 2.94. The molecule has 2 rings (SSSR count). The molecular formula is C15H16N4O. The first-order chi connectivity index (χ1) is 9.79. The lowest BCUT2D eigenvalue weighted by Crippen LogP contribution is -2.24. The second kappa shape index (κ2) is 7.10. The molecule has 0 unspecified atom stereocenters. The summed E-state index contributed by atoms with van der Waals surface area (Å²) in [6.45, 7) is 1.53. The van der Waals surface area contributed by atoms with Crippen LogP contribution < -0.4 is 5.32 Å². The number of carbonyl (C=O) groups is 1. The van der Waals surface area contributed by atoms with Crippen LogP contribution in [0.1, 0.15) is 28.8 Å². The number of aromatic nitrogens is 2. The van der Waals surface area contributed by atoms with Crippen molar-refractivity contribution in [2.75, 3.05) is 6.54 Å². The second-order valence-electron chi connectivity index (χ2n) is 4.46. The SMILES string of the molecule is N#Cc1cccc(C(=O)NCCCCn2ccnc2)c1. The highest BCUT2D eigenvalue weighted by Gasteiger charge is 2.05. The number of hydrogen-bond acceptors (Lipinski definition) is 3. The molecule has 0 bridgehead atoms. The van der Waals surface area contributed by atoms with Crippen LogP contribution >= 0.6 is 0 Å². The van der Waals surface area contributed by atoms with Crippen molar-refractivity contribution in [3.05, 3.63) is 54.1 Å². The van der Waals surface area contributed by atoms with E-state index in [9.17, 15) is 4.79 Å². The fraction of sp³-hybridized carbons (Fsp3) is 0.267. The maximum absolute atomic E-state index is 11.9. The van der Waals surface area contributed by atoms with Gasteiger partial charge in [-0.05, 0) is 31.0 Å². The van der Waals surface area contributed by atoms with Crippen molar-refractivity contribution in [2.24, 2.45) is 0 Å². The van der Waals surface area contributed by atoms with Gasteiger partial charge in [0.25, 0.3) is 5.91 Å². The van der Waals surface area contributed by atoms with Gasteiger partial charge in [-0.15, -0.1) is 0 Å². The zero-order chi connectivity index (χ0) is 14.2. The molecule has 1 aromatic heterocycles. The first kappa shape index (κ1) is 13.8. The van der Waals surface area contributed by atoms with Crippen molar-refractivity contribution in [1.82, 2.24) is 14.9 Å². The van der Waals surface area contributed by atoms with Crippen LogP contribution in [-0.4, -0.2) is 22.0 Å². The minimum absolute atomic E-state index is 0.135. The van der Waals surface area contributed by atoms with Gasteiger partial charge in [0.05, 0.1) is 18.0 Å². The van der Waals surface area contributed by atoms with Gasteiger partial charge in [0.1, 0.15) is 0 Å². The third-order valence-electron chi connectivity index (χ3n) is 2.94. The first-order valence-electron chi connectivity index (χ1n) is 6.54. The fourth-order valence-electron chi connectivity index (χ4n) is 1.87. The van der Waals surface area contributed by atoms with Crippen LogP contribution in [0.15, 0.2) is 43.0 Å². The van der Waals surface area contributed by atoms with Gasteiger partial charge in [0.2, 0.25) is 0 Å². The summed E-state index contributed by atoms with van der Waals surface area (Å²) in [4.78, 5) is 15.8.